The number of hydrogen-bond donors (Lipinski definition) is 3. The highest BCUT2D eigenvalue weighted by Gasteiger charge is 2.32. The minimum Gasteiger partial charge on any atom is -0.504 e. The first-order valence-electron chi connectivity index (χ1n) is 4.79. The molecule has 0 aliphatic carbocycles. The lowest BCUT2D eigenvalue weighted by atomic mass is 10.2. The van der Waals surface area contributed by atoms with Gasteiger partial charge in [0, 0.05) is 24.7 Å². The summed E-state index contributed by atoms with van der Waals surface area (Å²) in [6.45, 7) is 2.69. The Bertz CT molecular complexity index is 398. The molecule has 1 aliphatic rings. The summed E-state index contributed by atoms with van der Waals surface area (Å²) in [7, 11) is 0. The predicted octanol–water partition coefficient (Wildman–Crippen LogP) is 2.08. The molecule has 1 aliphatic heterocycles. The molecular formula is C10H13N3O2. The quantitative estimate of drug-likeness (QED) is 0.522. The summed E-state index contributed by atoms with van der Waals surface area (Å²) in [5, 5.41) is 29.2. The van der Waals surface area contributed by atoms with Crippen LogP contribution >= 0.6 is 0 Å². The zero-order valence-electron chi connectivity index (χ0n) is 8.44. The van der Waals surface area contributed by atoms with Crippen molar-refractivity contribution in [2.24, 2.45) is 10.2 Å². The van der Waals surface area contributed by atoms with E-state index in [0.29, 0.717) is 0 Å². The van der Waals surface area contributed by atoms with Crippen LogP contribution in [-0.2, 0) is 0 Å². The molecule has 5 heteroatoms. The summed E-state index contributed by atoms with van der Waals surface area (Å²) in [6.07, 6.45) is 0.828. The lowest BCUT2D eigenvalue weighted by molar-refractivity contribution is 0.404. The van der Waals surface area contributed by atoms with E-state index >= 15 is 0 Å². The van der Waals surface area contributed by atoms with Crippen molar-refractivity contribution in [3.8, 4) is 11.5 Å². The Hall–Kier alpha value is -1.78. The Morgan fingerprint density at radius 2 is 2.00 bits per heavy atom. The van der Waals surface area contributed by atoms with Gasteiger partial charge in [-0.05, 0) is 19.1 Å². The zero-order chi connectivity index (χ0) is 10.9. The second kappa shape index (κ2) is 3.42. The van der Waals surface area contributed by atoms with Crippen LogP contribution in [0, 0.1) is 0 Å². The van der Waals surface area contributed by atoms with Crippen LogP contribution in [0.25, 0.3) is 0 Å². The summed E-state index contributed by atoms with van der Waals surface area (Å²) >= 11 is 0. The van der Waals surface area contributed by atoms with Crippen LogP contribution in [-0.4, -0.2) is 22.4 Å². The van der Waals surface area contributed by atoms with Gasteiger partial charge in [-0.25, -0.2) is 0 Å². The molecule has 80 valence electrons. The van der Waals surface area contributed by atoms with Crippen LogP contribution in [0.5, 0.6) is 11.5 Å². The molecule has 0 saturated heterocycles. The van der Waals surface area contributed by atoms with Crippen molar-refractivity contribution >= 4 is 5.69 Å². The molecule has 3 N–H and O–H groups in total. The van der Waals surface area contributed by atoms with E-state index in [0.717, 1.165) is 18.7 Å². The van der Waals surface area contributed by atoms with Crippen LogP contribution in [0.15, 0.2) is 28.4 Å². The van der Waals surface area contributed by atoms with Gasteiger partial charge in [-0.15, -0.1) is 0 Å². The Balaban J connectivity index is 1.85. The molecule has 15 heavy (non-hydrogen) atoms. The molecule has 1 aromatic carbocycles. The molecule has 5 nitrogen and oxygen atoms in total. The van der Waals surface area contributed by atoms with Gasteiger partial charge in [0.25, 0.3) is 0 Å². The maximum Gasteiger partial charge on any atom is 0.189 e. The molecule has 0 atom stereocenters. The summed E-state index contributed by atoms with van der Waals surface area (Å²) in [5.41, 5.74) is 0.570. The maximum atomic E-state index is 9.24. The molecule has 1 heterocycles. The van der Waals surface area contributed by atoms with E-state index in [1.165, 1.54) is 12.1 Å². The SMILES string of the molecule is CC1(CCNc2ccc(O)c(O)c2)N=N1. The van der Waals surface area contributed by atoms with E-state index in [1.807, 2.05) is 6.92 Å². The highest BCUT2D eigenvalue weighted by atomic mass is 16.3. The topological polar surface area (TPSA) is 77.2 Å². The first-order valence-corrected chi connectivity index (χ1v) is 4.79. The van der Waals surface area contributed by atoms with Gasteiger partial charge in [-0.1, -0.05) is 0 Å². The van der Waals surface area contributed by atoms with E-state index in [-0.39, 0.29) is 17.2 Å². The number of aromatic hydroxyl groups is 2. The highest BCUT2D eigenvalue weighted by Crippen LogP contribution is 2.31. The van der Waals surface area contributed by atoms with Crippen molar-refractivity contribution in [2.45, 2.75) is 19.0 Å². The minimum atomic E-state index is -0.202. The lowest BCUT2D eigenvalue weighted by Gasteiger charge is -2.08. The number of hydrogen-bond acceptors (Lipinski definition) is 5. The number of rotatable bonds is 4. The smallest absolute Gasteiger partial charge is 0.189 e. The summed E-state index contributed by atoms with van der Waals surface area (Å²) < 4.78 is 0. The summed E-state index contributed by atoms with van der Waals surface area (Å²) in [5.74, 6) is -0.230. The molecule has 0 saturated carbocycles. The molecule has 0 bridgehead atoms. The van der Waals surface area contributed by atoms with Gasteiger partial charge < -0.3 is 15.5 Å². The fraction of sp³-hybridized carbons (Fsp3) is 0.400. The van der Waals surface area contributed by atoms with Gasteiger partial charge in [-0.2, -0.15) is 10.2 Å². The fourth-order valence-electron chi connectivity index (χ4n) is 1.26. The standard InChI is InChI=1S/C10H13N3O2/c1-10(12-13-10)4-5-11-7-2-3-8(14)9(15)6-7/h2-3,6,11,14-15H,4-5H2,1H3. The van der Waals surface area contributed by atoms with Crippen LogP contribution < -0.4 is 5.32 Å². The molecule has 1 aromatic rings. The van der Waals surface area contributed by atoms with Gasteiger partial charge in [-0.3, -0.25) is 0 Å². The molecule has 0 radical (unpaired) electrons. The van der Waals surface area contributed by atoms with Gasteiger partial charge in [0.05, 0.1) is 0 Å². The second-order valence-electron chi connectivity index (χ2n) is 3.80. The lowest BCUT2D eigenvalue weighted by Crippen LogP contribution is -2.12. The minimum absolute atomic E-state index is 0.111. The van der Waals surface area contributed by atoms with E-state index in [4.69, 9.17) is 5.11 Å². The first kappa shape index (κ1) is 9.76. The number of phenols is 2. The third-order valence-corrected chi connectivity index (χ3v) is 2.34. The molecule has 0 unspecified atom stereocenters. The van der Waals surface area contributed by atoms with E-state index < -0.39 is 0 Å². The molecule has 0 amide bonds. The average molecular weight is 207 g/mol. The monoisotopic (exact) mass is 207 g/mol. The molecule has 2 rings (SSSR count). The van der Waals surface area contributed by atoms with Crippen molar-refractivity contribution < 1.29 is 10.2 Å². The predicted molar refractivity (Wildman–Crippen MR) is 56.1 cm³/mol. The largest absolute Gasteiger partial charge is 0.504 e. The Morgan fingerprint density at radius 3 is 2.60 bits per heavy atom. The molecule has 0 fully saturated rings. The van der Waals surface area contributed by atoms with Gasteiger partial charge in [0.1, 0.15) is 0 Å². The Labute approximate surface area is 87.5 Å². The molecule has 0 spiro atoms. The van der Waals surface area contributed by atoms with E-state index in [9.17, 15) is 5.11 Å². The van der Waals surface area contributed by atoms with E-state index in [1.54, 1.807) is 6.07 Å². The first-order chi connectivity index (χ1) is 7.09. The fourth-order valence-corrected chi connectivity index (χ4v) is 1.26. The molecular weight excluding hydrogens is 194 g/mol. The second-order valence-corrected chi connectivity index (χ2v) is 3.80. The Kier molecular flexibility index (Phi) is 2.22. The third kappa shape index (κ3) is 2.37. The van der Waals surface area contributed by atoms with Crippen molar-refractivity contribution in [1.82, 2.24) is 0 Å². The molecule has 0 aromatic heterocycles. The zero-order valence-corrected chi connectivity index (χ0v) is 8.44. The van der Waals surface area contributed by atoms with Crippen molar-refractivity contribution in [3.05, 3.63) is 18.2 Å². The van der Waals surface area contributed by atoms with Gasteiger partial charge in [0.15, 0.2) is 17.2 Å². The Morgan fingerprint density at radius 1 is 1.27 bits per heavy atom. The number of nitrogens with one attached hydrogen (secondary N) is 1. The van der Waals surface area contributed by atoms with Crippen molar-refractivity contribution in [2.75, 3.05) is 11.9 Å². The highest BCUT2D eigenvalue weighted by molar-refractivity contribution is 5.53. The van der Waals surface area contributed by atoms with Crippen LogP contribution in [0.1, 0.15) is 13.3 Å². The van der Waals surface area contributed by atoms with Gasteiger partial charge >= 0.3 is 0 Å². The number of anilines is 1. The average Bonchev–Trinajstić information content (AvgIpc) is 2.90. The normalized spacial score (nSPS) is 16.3. The van der Waals surface area contributed by atoms with Crippen molar-refractivity contribution in [1.29, 1.82) is 0 Å². The number of phenolic OH excluding ortho intramolecular Hbond substituents is 2. The van der Waals surface area contributed by atoms with Crippen LogP contribution in [0.4, 0.5) is 5.69 Å². The summed E-state index contributed by atoms with van der Waals surface area (Å²) in [6, 6.07) is 4.64. The van der Waals surface area contributed by atoms with Crippen molar-refractivity contribution in [3.63, 3.8) is 0 Å². The maximum absolute atomic E-state index is 9.24. The third-order valence-electron chi connectivity index (χ3n) is 2.34. The van der Waals surface area contributed by atoms with Crippen LogP contribution in [0.3, 0.4) is 0 Å². The van der Waals surface area contributed by atoms with E-state index in [2.05, 4.69) is 15.5 Å². The van der Waals surface area contributed by atoms with Gasteiger partial charge in [0.2, 0.25) is 0 Å². The number of benzene rings is 1. The number of nitrogens with zero attached hydrogens (tertiary/aromatic N) is 2. The van der Waals surface area contributed by atoms with Crippen LogP contribution in [0.2, 0.25) is 0 Å². The summed E-state index contributed by atoms with van der Waals surface area (Å²) in [4.78, 5) is 0.